The Hall–Kier alpha value is -0.610. The fourth-order valence-electron chi connectivity index (χ4n) is 1.50. The summed E-state index contributed by atoms with van der Waals surface area (Å²) in [5.41, 5.74) is 2.18. The average Bonchev–Trinajstić information content (AvgIpc) is 2.04. The monoisotopic (exact) mass is 157 g/mol. The van der Waals surface area contributed by atoms with Crippen LogP contribution < -0.4 is 11.3 Å². The molecule has 0 radical (unpaired) electrons. The van der Waals surface area contributed by atoms with Crippen LogP contribution in [0, 0.1) is 0 Å². The van der Waals surface area contributed by atoms with E-state index in [1.165, 1.54) is 6.42 Å². The van der Waals surface area contributed by atoms with Crippen LogP contribution in [0.25, 0.3) is 0 Å². The third-order valence-electron chi connectivity index (χ3n) is 2.22. The number of carbonyl (C=O) groups excluding carboxylic acids is 1. The SMILES string of the molecule is CN1CCCCC1C(=O)NN. The van der Waals surface area contributed by atoms with Gasteiger partial charge < -0.3 is 0 Å². The second-order valence-corrected chi connectivity index (χ2v) is 3.00. The molecular weight excluding hydrogens is 142 g/mol. The predicted molar refractivity (Wildman–Crippen MR) is 42.6 cm³/mol. The van der Waals surface area contributed by atoms with Gasteiger partial charge in [0.1, 0.15) is 0 Å². The Morgan fingerprint density at radius 2 is 2.36 bits per heavy atom. The number of rotatable bonds is 1. The maximum atomic E-state index is 11.1. The van der Waals surface area contributed by atoms with E-state index < -0.39 is 0 Å². The van der Waals surface area contributed by atoms with Crippen LogP contribution >= 0.6 is 0 Å². The molecule has 64 valence electrons. The summed E-state index contributed by atoms with van der Waals surface area (Å²) in [4.78, 5) is 13.1. The maximum absolute atomic E-state index is 11.1. The predicted octanol–water partition coefficient (Wildman–Crippen LogP) is -0.539. The topological polar surface area (TPSA) is 58.4 Å². The Bertz CT molecular complexity index is 149. The van der Waals surface area contributed by atoms with Gasteiger partial charge in [0, 0.05) is 0 Å². The van der Waals surface area contributed by atoms with Crippen LogP contribution in [0.2, 0.25) is 0 Å². The van der Waals surface area contributed by atoms with E-state index in [9.17, 15) is 4.79 Å². The van der Waals surface area contributed by atoms with Crippen molar-refractivity contribution in [3.63, 3.8) is 0 Å². The summed E-state index contributed by atoms with van der Waals surface area (Å²) in [5.74, 6) is 4.98. The molecule has 0 aromatic heterocycles. The number of amides is 1. The van der Waals surface area contributed by atoms with E-state index in [2.05, 4.69) is 5.43 Å². The molecule has 0 saturated carbocycles. The molecule has 1 aliphatic heterocycles. The van der Waals surface area contributed by atoms with E-state index in [1.807, 2.05) is 11.9 Å². The summed E-state index contributed by atoms with van der Waals surface area (Å²) in [5, 5.41) is 0. The summed E-state index contributed by atoms with van der Waals surface area (Å²) in [7, 11) is 1.96. The molecule has 1 amide bonds. The molecule has 1 fully saturated rings. The Labute approximate surface area is 66.7 Å². The highest BCUT2D eigenvalue weighted by Gasteiger charge is 2.24. The fourth-order valence-corrected chi connectivity index (χ4v) is 1.50. The van der Waals surface area contributed by atoms with Crippen molar-refractivity contribution in [2.45, 2.75) is 25.3 Å². The van der Waals surface area contributed by atoms with E-state index in [4.69, 9.17) is 5.84 Å². The van der Waals surface area contributed by atoms with Gasteiger partial charge in [0.2, 0.25) is 0 Å². The molecule has 0 spiro atoms. The highest BCUT2D eigenvalue weighted by Crippen LogP contribution is 2.14. The van der Waals surface area contributed by atoms with Crippen LogP contribution in [0.4, 0.5) is 0 Å². The number of nitrogens with one attached hydrogen (secondary N) is 1. The molecular formula is C7H15N3O. The molecule has 1 heterocycles. The van der Waals surface area contributed by atoms with E-state index in [1.54, 1.807) is 0 Å². The van der Waals surface area contributed by atoms with Crippen LogP contribution in [0.5, 0.6) is 0 Å². The number of nitrogens with two attached hydrogens (primary N) is 1. The van der Waals surface area contributed by atoms with E-state index in [0.29, 0.717) is 0 Å². The number of piperidine rings is 1. The van der Waals surface area contributed by atoms with Gasteiger partial charge in [-0.25, -0.2) is 5.84 Å². The minimum absolute atomic E-state index is 0.00579. The van der Waals surface area contributed by atoms with E-state index in [-0.39, 0.29) is 11.9 Å². The number of likely N-dealkylation sites (tertiary alicyclic amines) is 1. The molecule has 0 aliphatic carbocycles. The Morgan fingerprint density at radius 1 is 1.64 bits per heavy atom. The van der Waals surface area contributed by atoms with Gasteiger partial charge in [-0.1, -0.05) is 6.42 Å². The molecule has 1 rings (SSSR count). The smallest absolute Gasteiger partial charge is 0.251 e. The van der Waals surface area contributed by atoms with Gasteiger partial charge in [0.25, 0.3) is 5.91 Å². The van der Waals surface area contributed by atoms with Crippen molar-refractivity contribution < 1.29 is 4.79 Å². The summed E-state index contributed by atoms with van der Waals surface area (Å²) in [6.07, 6.45) is 3.24. The first-order chi connectivity index (χ1) is 5.25. The van der Waals surface area contributed by atoms with Gasteiger partial charge in [-0.05, 0) is 26.4 Å². The number of hydrogen-bond acceptors (Lipinski definition) is 3. The molecule has 3 N–H and O–H groups in total. The van der Waals surface area contributed by atoms with E-state index >= 15 is 0 Å². The first-order valence-electron chi connectivity index (χ1n) is 3.96. The molecule has 11 heavy (non-hydrogen) atoms. The minimum atomic E-state index is -0.0628. The fraction of sp³-hybridized carbons (Fsp3) is 0.857. The highest BCUT2D eigenvalue weighted by molar-refractivity contribution is 5.81. The molecule has 4 nitrogen and oxygen atoms in total. The van der Waals surface area contributed by atoms with Crippen LogP contribution in [0.15, 0.2) is 0 Å². The number of hydrogen-bond donors (Lipinski definition) is 2. The van der Waals surface area contributed by atoms with Crippen LogP contribution in [-0.4, -0.2) is 30.4 Å². The lowest BCUT2D eigenvalue weighted by Crippen LogP contribution is -2.49. The lowest BCUT2D eigenvalue weighted by molar-refractivity contribution is -0.127. The number of carbonyl (C=O) groups is 1. The Kier molecular flexibility index (Phi) is 2.84. The Balaban J connectivity index is 2.47. The summed E-state index contributed by atoms with van der Waals surface area (Å²) in [6.45, 7) is 0.998. The number of nitrogens with zero attached hydrogens (tertiary/aromatic N) is 1. The molecule has 0 aromatic rings. The van der Waals surface area contributed by atoms with Gasteiger partial charge >= 0.3 is 0 Å². The molecule has 4 heteroatoms. The third kappa shape index (κ3) is 1.91. The van der Waals surface area contributed by atoms with Crippen molar-refractivity contribution in [2.75, 3.05) is 13.6 Å². The zero-order valence-corrected chi connectivity index (χ0v) is 6.84. The normalized spacial score (nSPS) is 26.5. The number of likely N-dealkylation sites (N-methyl/N-ethyl adjacent to an activating group) is 1. The Morgan fingerprint density at radius 3 is 2.91 bits per heavy atom. The summed E-state index contributed by atoms with van der Waals surface area (Å²) in [6, 6.07) is -0.00579. The first kappa shape index (κ1) is 8.49. The molecule has 1 aliphatic rings. The summed E-state index contributed by atoms with van der Waals surface area (Å²) >= 11 is 0. The molecule has 1 atom stereocenters. The summed E-state index contributed by atoms with van der Waals surface area (Å²) < 4.78 is 0. The van der Waals surface area contributed by atoms with Gasteiger partial charge in [-0.3, -0.25) is 15.1 Å². The van der Waals surface area contributed by atoms with Crippen molar-refractivity contribution in [2.24, 2.45) is 5.84 Å². The first-order valence-corrected chi connectivity index (χ1v) is 3.96. The quantitative estimate of drug-likeness (QED) is 0.305. The van der Waals surface area contributed by atoms with Crippen molar-refractivity contribution in [1.82, 2.24) is 10.3 Å². The van der Waals surface area contributed by atoms with Gasteiger partial charge in [0.05, 0.1) is 6.04 Å². The van der Waals surface area contributed by atoms with Gasteiger partial charge in [0.15, 0.2) is 0 Å². The third-order valence-corrected chi connectivity index (χ3v) is 2.22. The van der Waals surface area contributed by atoms with Crippen LogP contribution in [0.1, 0.15) is 19.3 Å². The second kappa shape index (κ2) is 3.69. The van der Waals surface area contributed by atoms with Crippen LogP contribution in [0.3, 0.4) is 0 Å². The van der Waals surface area contributed by atoms with Crippen molar-refractivity contribution in [3.8, 4) is 0 Å². The molecule has 1 unspecified atom stereocenters. The zero-order chi connectivity index (χ0) is 8.27. The number of hydrazine groups is 1. The standard InChI is InChI=1S/C7H15N3O/c1-10-5-3-2-4-6(10)7(11)9-8/h6H,2-5,8H2,1H3,(H,9,11). The van der Waals surface area contributed by atoms with Crippen molar-refractivity contribution in [1.29, 1.82) is 0 Å². The highest BCUT2D eigenvalue weighted by atomic mass is 16.2. The largest absolute Gasteiger partial charge is 0.295 e. The van der Waals surface area contributed by atoms with Crippen LogP contribution in [-0.2, 0) is 4.79 Å². The van der Waals surface area contributed by atoms with E-state index in [0.717, 1.165) is 19.4 Å². The van der Waals surface area contributed by atoms with Crippen molar-refractivity contribution in [3.05, 3.63) is 0 Å². The van der Waals surface area contributed by atoms with Crippen molar-refractivity contribution >= 4 is 5.91 Å². The van der Waals surface area contributed by atoms with Gasteiger partial charge in [-0.2, -0.15) is 0 Å². The van der Waals surface area contributed by atoms with Gasteiger partial charge in [-0.15, -0.1) is 0 Å². The molecule has 1 saturated heterocycles. The average molecular weight is 157 g/mol. The maximum Gasteiger partial charge on any atom is 0.251 e. The zero-order valence-electron chi connectivity index (χ0n) is 6.84. The molecule has 0 bridgehead atoms. The second-order valence-electron chi connectivity index (χ2n) is 3.00. The lowest BCUT2D eigenvalue weighted by Gasteiger charge is -2.30. The minimum Gasteiger partial charge on any atom is -0.295 e. The lowest BCUT2D eigenvalue weighted by atomic mass is 10.0. The molecule has 0 aromatic carbocycles.